The predicted molar refractivity (Wildman–Crippen MR) is 236 cm³/mol. The molecular weight excluding hydrogens is 1090 g/mol. The van der Waals surface area contributed by atoms with Gasteiger partial charge in [-0.05, 0) is 134 Å². The van der Waals surface area contributed by atoms with Crippen LogP contribution >= 0.6 is 63.7 Å². The largest absolute Gasteiger partial charge is 1.00 e. The number of hydrogen-bond acceptors (Lipinski definition) is 7. The van der Waals surface area contributed by atoms with Crippen LogP contribution in [0, 0.1) is 11.6 Å². The summed E-state index contributed by atoms with van der Waals surface area (Å²) in [4.78, 5) is 11.2. The van der Waals surface area contributed by atoms with E-state index in [0.29, 0.717) is 19.7 Å². The fourth-order valence-corrected chi connectivity index (χ4v) is 9.11. The van der Waals surface area contributed by atoms with Crippen molar-refractivity contribution in [2.45, 2.75) is 0 Å². The predicted octanol–water partition coefficient (Wildman–Crippen LogP) is 8.11. The summed E-state index contributed by atoms with van der Waals surface area (Å²) in [6, 6.07) is 35.9. The fourth-order valence-electron chi connectivity index (χ4n) is 7.24. The third kappa shape index (κ3) is 8.75. The Morgan fingerprint density at radius 3 is 1.23 bits per heavy atom. The minimum Gasteiger partial charge on any atom is -1.00 e. The summed E-state index contributed by atoms with van der Waals surface area (Å²) in [5, 5.41) is 37.5. The Bertz CT molecular complexity index is 3060. The number of hydrogen-bond donors (Lipinski definition) is 2. The van der Waals surface area contributed by atoms with Gasteiger partial charge in [0.15, 0.2) is 0 Å². The van der Waals surface area contributed by atoms with Crippen molar-refractivity contribution >= 4 is 136 Å². The van der Waals surface area contributed by atoms with Gasteiger partial charge in [-0.15, -0.1) is 0 Å². The van der Waals surface area contributed by atoms with E-state index in [9.17, 15) is 19.0 Å². The molecule has 290 valence electrons. The maximum Gasteiger partial charge on any atom is 1.00 e. The van der Waals surface area contributed by atoms with Crippen LogP contribution in [0.3, 0.4) is 0 Å². The molecule has 0 aliphatic heterocycles. The fraction of sp³-hybridized carbons (Fsp3) is 0. The van der Waals surface area contributed by atoms with Crippen molar-refractivity contribution in [3.8, 4) is 33.8 Å². The zero-order valence-electron chi connectivity index (χ0n) is 32.3. The first-order valence-corrected chi connectivity index (χ1v) is 20.3. The molecule has 0 fully saturated rings. The summed E-state index contributed by atoms with van der Waals surface area (Å²) < 4.78 is 43.8. The summed E-state index contributed by atoms with van der Waals surface area (Å²) in [6.45, 7) is -0.181. The summed E-state index contributed by atoms with van der Waals surface area (Å²) in [5.74, 6) is -1.30. The van der Waals surface area contributed by atoms with Crippen LogP contribution in [0.25, 0.3) is 87.7 Å². The summed E-state index contributed by atoms with van der Waals surface area (Å²) in [7, 11) is 0. The Hall–Kier alpha value is -2.04. The number of rotatable bonds is 3. The molecule has 7 nitrogen and oxygen atoms in total. The molecule has 15 heteroatoms. The number of fused-ring (bicyclic) bond motifs is 10. The molecule has 0 spiro atoms. The second-order valence-corrected chi connectivity index (χ2v) is 16.2. The van der Waals surface area contributed by atoms with E-state index in [1.165, 1.54) is 12.1 Å². The van der Waals surface area contributed by atoms with Crippen LogP contribution in [0.2, 0.25) is 0 Å². The van der Waals surface area contributed by atoms with E-state index in [4.69, 9.17) is 18.9 Å². The number of para-hydroxylation sites is 2. The number of carbonyl (C=O) groups is 1. The zero-order valence-corrected chi connectivity index (χ0v) is 43.9. The standard InChI is InChI=1S/C22H12Br2F2O2.C22H10Br2O2.CH2O3.2K.H/c23-15-10-14-13(19(21(15)27)11-5-1-3-7-17(11)25)9-16(24)22(28)20(14)12-6-2-4-8-18(12)26;23-15-10-14-13(19-11-5-1-3-7-17(11)25-21(15)19)9-16(24)22-20(14)12-6-2-4-8-18(12)26-22;2-1-4-3;;;/h1-10,27-28H;1-10H;1,3H;;;/q;;;2*+1;-1/p-1. The van der Waals surface area contributed by atoms with Gasteiger partial charge in [0.1, 0.15) is 45.5 Å². The first kappa shape index (κ1) is 47.4. The molecule has 0 unspecified atom stereocenters. The van der Waals surface area contributed by atoms with Crippen LogP contribution < -0.4 is 108 Å². The molecule has 0 saturated carbocycles. The van der Waals surface area contributed by atoms with Gasteiger partial charge in [0.05, 0.1) is 17.9 Å². The zero-order chi connectivity index (χ0) is 40.8. The van der Waals surface area contributed by atoms with E-state index in [0.717, 1.165) is 63.6 Å². The normalized spacial score (nSPS) is 10.8. The Morgan fingerprint density at radius 1 is 0.533 bits per heavy atom. The van der Waals surface area contributed by atoms with Gasteiger partial charge in [-0.3, -0.25) is 4.79 Å². The molecule has 0 amide bonds. The van der Waals surface area contributed by atoms with Crippen molar-refractivity contribution in [2.75, 3.05) is 0 Å². The van der Waals surface area contributed by atoms with E-state index in [-0.39, 0.29) is 144 Å². The average Bonchev–Trinajstić information content (AvgIpc) is 3.82. The molecule has 8 aromatic carbocycles. The first-order chi connectivity index (χ1) is 28.0. The van der Waals surface area contributed by atoms with Crippen molar-refractivity contribution in [3.05, 3.63) is 151 Å². The molecule has 0 atom stereocenters. The van der Waals surface area contributed by atoms with Gasteiger partial charge in [-0.2, -0.15) is 0 Å². The minimum atomic E-state index is -0.506. The topological polar surface area (TPSA) is 116 Å². The molecule has 0 saturated heterocycles. The minimum absolute atomic E-state index is 0. The molecule has 0 aliphatic rings. The molecule has 2 N–H and O–H groups in total. The van der Waals surface area contributed by atoms with Gasteiger partial charge in [-0.1, -0.05) is 72.8 Å². The molecule has 10 rings (SSSR count). The van der Waals surface area contributed by atoms with Gasteiger partial charge >= 0.3 is 103 Å². The second-order valence-electron chi connectivity index (χ2n) is 12.8. The Balaban J connectivity index is 0.000000203. The molecule has 0 aliphatic carbocycles. The van der Waals surface area contributed by atoms with E-state index in [1.807, 2.05) is 36.4 Å². The third-order valence-electron chi connectivity index (χ3n) is 9.62. The number of aromatic hydroxyl groups is 2. The number of halogens is 6. The summed E-state index contributed by atoms with van der Waals surface area (Å²) >= 11 is 14.0. The molecule has 0 bridgehead atoms. The monoisotopic (exact) mass is 1110 g/mol. The Labute approximate surface area is 459 Å². The molecule has 10 aromatic rings. The smallest absolute Gasteiger partial charge is 1.00 e. The molecular formula is C45H24Br4F2K2O7. The maximum atomic E-state index is 14.5. The average molecular weight is 1110 g/mol. The molecule has 0 radical (unpaired) electrons. The van der Waals surface area contributed by atoms with Crippen molar-refractivity contribution < 1.29 is 147 Å². The number of benzene rings is 8. The van der Waals surface area contributed by atoms with Gasteiger partial charge in [0, 0.05) is 43.8 Å². The van der Waals surface area contributed by atoms with Crippen LogP contribution in [0.1, 0.15) is 1.43 Å². The van der Waals surface area contributed by atoms with Crippen molar-refractivity contribution in [3.63, 3.8) is 0 Å². The SMILES string of the molecule is Brc1cc2c(cc(Br)c3oc4ccccc4c32)c2c1oc1ccccc12.O=CO[O-].Oc1c(Br)cc2c(-c3ccccc3F)c(O)c(Br)cc2c1-c1ccccc1F.[H-].[K+].[K+]. The number of phenolic OH excluding ortho intramolecular Hbond substituents is 2. The van der Waals surface area contributed by atoms with Crippen LogP contribution in [-0.4, -0.2) is 16.7 Å². The van der Waals surface area contributed by atoms with E-state index >= 15 is 0 Å². The Kier molecular flexibility index (Phi) is 16.0. The molecule has 60 heavy (non-hydrogen) atoms. The van der Waals surface area contributed by atoms with Crippen LogP contribution in [0.5, 0.6) is 11.5 Å². The van der Waals surface area contributed by atoms with Crippen molar-refractivity contribution in [2.24, 2.45) is 0 Å². The quantitative estimate of drug-likeness (QED) is 0.0796. The molecule has 2 heterocycles. The second kappa shape index (κ2) is 20.2. The van der Waals surface area contributed by atoms with Gasteiger partial charge in [0.25, 0.3) is 6.47 Å². The molecule has 2 aromatic heterocycles. The Morgan fingerprint density at radius 2 is 0.867 bits per heavy atom. The third-order valence-corrected chi connectivity index (χ3v) is 12.0. The van der Waals surface area contributed by atoms with Crippen LogP contribution in [0.15, 0.2) is 148 Å². The van der Waals surface area contributed by atoms with E-state index in [2.05, 4.69) is 92.9 Å². The number of furan rings is 2. The summed E-state index contributed by atoms with van der Waals surface area (Å²) in [5.41, 5.74) is 4.43. The first-order valence-electron chi connectivity index (χ1n) is 17.2. The van der Waals surface area contributed by atoms with E-state index in [1.54, 1.807) is 48.5 Å². The van der Waals surface area contributed by atoms with Gasteiger partial charge in [-0.25, -0.2) is 8.78 Å². The van der Waals surface area contributed by atoms with E-state index < -0.39 is 11.6 Å². The van der Waals surface area contributed by atoms with Gasteiger partial charge in [0.2, 0.25) is 0 Å². The van der Waals surface area contributed by atoms with Crippen LogP contribution in [0.4, 0.5) is 8.78 Å². The number of phenols is 2. The van der Waals surface area contributed by atoms with Crippen molar-refractivity contribution in [1.29, 1.82) is 0 Å². The summed E-state index contributed by atoms with van der Waals surface area (Å²) in [6.07, 6.45) is 0. The maximum absolute atomic E-state index is 14.5. The van der Waals surface area contributed by atoms with Crippen LogP contribution in [-0.2, 0) is 9.68 Å². The van der Waals surface area contributed by atoms with Crippen molar-refractivity contribution in [1.82, 2.24) is 0 Å². The number of carbonyl (C=O) groups excluding carboxylic acids is 1. The van der Waals surface area contributed by atoms with Gasteiger partial charge < -0.3 is 30.6 Å².